The number of aryl methyl sites for hydroxylation is 3. The monoisotopic (exact) mass is 279 g/mol. The third kappa shape index (κ3) is 3.19. The molecule has 0 saturated carbocycles. The fourth-order valence-corrected chi connectivity index (χ4v) is 3.84. The van der Waals surface area contributed by atoms with E-state index in [0.29, 0.717) is 5.92 Å². The molecule has 1 heteroatoms. The number of benzene rings is 2. The van der Waals surface area contributed by atoms with Crippen molar-refractivity contribution in [2.75, 3.05) is 0 Å². The second kappa shape index (κ2) is 6.03. The third-order valence-corrected chi connectivity index (χ3v) is 4.69. The minimum Gasteiger partial charge on any atom is -0.327 e. The smallest absolute Gasteiger partial charge is 0.0149 e. The molecule has 1 nitrogen and oxygen atoms in total. The summed E-state index contributed by atoms with van der Waals surface area (Å²) in [7, 11) is 0. The zero-order chi connectivity index (χ0) is 14.8. The fourth-order valence-electron chi connectivity index (χ4n) is 3.84. The molecule has 0 aromatic heterocycles. The molecular formula is C20H25N. The van der Waals surface area contributed by atoms with Gasteiger partial charge in [-0.25, -0.2) is 0 Å². The highest BCUT2D eigenvalue weighted by Gasteiger charge is 2.25. The van der Waals surface area contributed by atoms with Gasteiger partial charge in [-0.05, 0) is 62.1 Å². The highest BCUT2D eigenvalue weighted by molar-refractivity contribution is 5.35. The second-order valence-electron chi connectivity index (χ2n) is 6.56. The summed E-state index contributed by atoms with van der Waals surface area (Å²) in [5.74, 6) is 0.510. The van der Waals surface area contributed by atoms with Crippen molar-refractivity contribution in [3.05, 3.63) is 70.3 Å². The number of nitrogens with two attached hydrogens (primary N) is 1. The zero-order valence-electron chi connectivity index (χ0n) is 13.1. The van der Waals surface area contributed by atoms with E-state index in [2.05, 4.69) is 56.3 Å². The summed E-state index contributed by atoms with van der Waals surface area (Å²) in [6, 6.07) is 15.9. The number of hydrogen-bond acceptors (Lipinski definition) is 1. The molecule has 1 aliphatic carbocycles. The summed E-state index contributed by atoms with van der Waals surface area (Å²) >= 11 is 0. The molecule has 0 amide bonds. The molecule has 0 bridgehead atoms. The molecule has 2 aromatic carbocycles. The molecular weight excluding hydrogens is 254 g/mol. The summed E-state index contributed by atoms with van der Waals surface area (Å²) < 4.78 is 0. The van der Waals surface area contributed by atoms with Crippen LogP contribution in [0, 0.1) is 13.8 Å². The Labute approximate surface area is 128 Å². The van der Waals surface area contributed by atoms with E-state index in [0.717, 1.165) is 6.42 Å². The molecule has 110 valence electrons. The highest BCUT2D eigenvalue weighted by atomic mass is 14.7. The van der Waals surface area contributed by atoms with Gasteiger partial charge in [-0.3, -0.25) is 0 Å². The van der Waals surface area contributed by atoms with Crippen LogP contribution >= 0.6 is 0 Å². The average Bonchev–Trinajstić information content (AvgIpc) is 2.45. The molecule has 2 N–H and O–H groups in total. The van der Waals surface area contributed by atoms with Crippen molar-refractivity contribution < 1.29 is 0 Å². The molecule has 1 aliphatic rings. The summed E-state index contributed by atoms with van der Waals surface area (Å²) in [4.78, 5) is 0. The molecule has 2 aromatic rings. The standard InChI is InChI=1S/C20H25N/c1-14-10-15(2)12-16(11-14)13-20(21)19-9-5-7-17-6-3-4-8-18(17)19/h3-4,6,8,10-12,19-20H,5,7,9,13,21H2,1-2H3. The van der Waals surface area contributed by atoms with E-state index in [-0.39, 0.29) is 6.04 Å². The van der Waals surface area contributed by atoms with Gasteiger partial charge in [-0.1, -0.05) is 53.6 Å². The van der Waals surface area contributed by atoms with Crippen LogP contribution in [0.2, 0.25) is 0 Å². The lowest BCUT2D eigenvalue weighted by atomic mass is 9.77. The van der Waals surface area contributed by atoms with Crippen LogP contribution in [0.15, 0.2) is 42.5 Å². The Morgan fingerprint density at radius 3 is 2.57 bits per heavy atom. The Bertz CT molecular complexity index is 609. The topological polar surface area (TPSA) is 26.0 Å². The van der Waals surface area contributed by atoms with E-state index in [1.807, 2.05) is 0 Å². The largest absolute Gasteiger partial charge is 0.327 e. The van der Waals surface area contributed by atoms with Crippen LogP contribution in [0.1, 0.15) is 46.6 Å². The Morgan fingerprint density at radius 2 is 1.81 bits per heavy atom. The van der Waals surface area contributed by atoms with E-state index in [9.17, 15) is 0 Å². The molecule has 2 unspecified atom stereocenters. The second-order valence-corrected chi connectivity index (χ2v) is 6.56. The molecule has 2 atom stereocenters. The van der Waals surface area contributed by atoms with E-state index < -0.39 is 0 Å². The molecule has 0 spiro atoms. The molecule has 0 fully saturated rings. The molecule has 0 radical (unpaired) electrons. The maximum absolute atomic E-state index is 6.60. The van der Waals surface area contributed by atoms with E-state index in [1.54, 1.807) is 0 Å². The first-order valence-corrected chi connectivity index (χ1v) is 8.04. The highest BCUT2D eigenvalue weighted by Crippen LogP contribution is 2.34. The maximum Gasteiger partial charge on any atom is 0.0149 e. The van der Waals surface area contributed by atoms with Crippen molar-refractivity contribution in [2.45, 2.75) is 51.5 Å². The summed E-state index contributed by atoms with van der Waals surface area (Å²) in [5, 5.41) is 0. The SMILES string of the molecule is Cc1cc(C)cc(CC(N)C2CCCc3ccccc32)c1. The Morgan fingerprint density at radius 1 is 1.10 bits per heavy atom. The van der Waals surface area contributed by atoms with Gasteiger partial charge in [0.25, 0.3) is 0 Å². The van der Waals surface area contributed by atoms with Gasteiger partial charge in [0, 0.05) is 6.04 Å². The Balaban J connectivity index is 1.81. The van der Waals surface area contributed by atoms with E-state index in [1.165, 1.54) is 47.1 Å². The predicted molar refractivity (Wildman–Crippen MR) is 89.7 cm³/mol. The normalized spacial score (nSPS) is 19.1. The van der Waals surface area contributed by atoms with Gasteiger partial charge >= 0.3 is 0 Å². The number of hydrogen-bond donors (Lipinski definition) is 1. The van der Waals surface area contributed by atoms with Crippen molar-refractivity contribution in [1.29, 1.82) is 0 Å². The van der Waals surface area contributed by atoms with E-state index in [4.69, 9.17) is 5.73 Å². The maximum atomic E-state index is 6.60. The van der Waals surface area contributed by atoms with Crippen LogP contribution < -0.4 is 5.73 Å². The van der Waals surface area contributed by atoms with Gasteiger partial charge in [0.05, 0.1) is 0 Å². The average molecular weight is 279 g/mol. The van der Waals surface area contributed by atoms with Crippen LogP contribution in [0.3, 0.4) is 0 Å². The van der Waals surface area contributed by atoms with Crippen molar-refractivity contribution in [3.63, 3.8) is 0 Å². The lowest BCUT2D eigenvalue weighted by molar-refractivity contribution is 0.460. The minimum absolute atomic E-state index is 0.215. The van der Waals surface area contributed by atoms with Crippen molar-refractivity contribution >= 4 is 0 Å². The van der Waals surface area contributed by atoms with Gasteiger partial charge < -0.3 is 5.73 Å². The molecule has 0 aliphatic heterocycles. The van der Waals surface area contributed by atoms with Gasteiger partial charge in [-0.15, -0.1) is 0 Å². The van der Waals surface area contributed by atoms with Crippen molar-refractivity contribution in [1.82, 2.24) is 0 Å². The van der Waals surface area contributed by atoms with Gasteiger partial charge in [0.2, 0.25) is 0 Å². The summed E-state index contributed by atoms with van der Waals surface area (Å²) in [6.45, 7) is 4.33. The quantitative estimate of drug-likeness (QED) is 0.891. The van der Waals surface area contributed by atoms with Crippen LogP contribution in [0.4, 0.5) is 0 Å². The van der Waals surface area contributed by atoms with Gasteiger partial charge in [0.1, 0.15) is 0 Å². The van der Waals surface area contributed by atoms with Crippen LogP contribution in [0.25, 0.3) is 0 Å². The minimum atomic E-state index is 0.215. The number of fused-ring (bicyclic) bond motifs is 1. The van der Waals surface area contributed by atoms with Crippen molar-refractivity contribution in [2.24, 2.45) is 5.73 Å². The van der Waals surface area contributed by atoms with Crippen LogP contribution in [-0.2, 0) is 12.8 Å². The zero-order valence-corrected chi connectivity index (χ0v) is 13.1. The Kier molecular flexibility index (Phi) is 4.12. The first kappa shape index (κ1) is 14.3. The van der Waals surface area contributed by atoms with E-state index >= 15 is 0 Å². The van der Waals surface area contributed by atoms with Gasteiger partial charge in [-0.2, -0.15) is 0 Å². The lowest BCUT2D eigenvalue weighted by Crippen LogP contribution is -2.33. The van der Waals surface area contributed by atoms with Gasteiger partial charge in [0.15, 0.2) is 0 Å². The molecule has 0 saturated heterocycles. The Hall–Kier alpha value is -1.60. The number of rotatable bonds is 3. The summed E-state index contributed by atoms with van der Waals surface area (Å²) in [6.07, 6.45) is 4.68. The van der Waals surface area contributed by atoms with Crippen LogP contribution in [-0.4, -0.2) is 6.04 Å². The first-order chi connectivity index (χ1) is 10.1. The first-order valence-electron chi connectivity index (χ1n) is 8.04. The summed E-state index contributed by atoms with van der Waals surface area (Å²) in [5.41, 5.74) is 13.6. The lowest BCUT2D eigenvalue weighted by Gasteiger charge is -2.30. The predicted octanol–water partition coefficient (Wildman–Crippen LogP) is 4.29. The molecule has 0 heterocycles. The molecule has 21 heavy (non-hydrogen) atoms. The third-order valence-electron chi connectivity index (χ3n) is 4.69. The van der Waals surface area contributed by atoms with Crippen molar-refractivity contribution in [3.8, 4) is 0 Å². The van der Waals surface area contributed by atoms with Crippen LogP contribution in [0.5, 0.6) is 0 Å². The fraction of sp³-hybridized carbons (Fsp3) is 0.400. The molecule has 3 rings (SSSR count).